The first-order chi connectivity index (χ1) is 5.74. The van der Waals surface area contributed by atoms with Crippen LogP contribution in [0.2, 0.25) is 0 Å². The lowest BCUT2D eigenvalue weighted by Crippen LogP contribution is -1.88. The van der Waals surface area contributed by atoms with Crippen molar-refractivity contribution in [2.24, 2.45) is 7.05 Å². The van der Waals surface area contributed by atoms with Crippen LogP contribution in [0.4, 0.5) is 0 Å². The molecule has 1 aromatic heterocycles. The molecule has 0 amide bonds. The lowest BCUT2D eigenvalue weighted by Gasteiger charge is -1.91. The highest BCUT2D eigenvalue weighted by Gasteiger charge is 1.95. The number of nitrogens with zero attached hydrogens (tertiary/aromatic N) is 2. The van der Waals surface area contributed by atoms with Gasteiger partial charge in [-0.15, -0.1) is 6.58 Å². The van der Waals surface area contributed by atoms with Gasteiger partial charge in [0.25, 0.3) is 0 Å². The maximum atomic E-state index is 4.32. The number of hydrogen-bond donors (Lipinski definition) is 0. The average Bonchev–Trinajstić information content (AvgIpc) is 2.31. The molecule has 0 bridgehead atoms. The van der Waals surface area contributed by atoms with Crippen LogP contribution in [-0.4, -0.2) is 9.55 Å². The van der Waals surface area contributed by atoms with Gasteiger partial charge in [0.05, 0.1) is 5.69 Å². The third kappa shape index (κ3) is 2.09. The molecule has 12 heavy (non-hydrogen) atoms. The summed E-state index contributed by atoms with van der Waals surface area (Å²) >= 11 is 0. The number of imidazole rings is 1. The molecular formula is C10H14N2. The fourth-order valence-corrected chi connectivity index (χ4v) is 1.06. The van der Waals surface area contributed by atoms with Crippen molar-refractivity contribution in [3.05, 3.63) is 36.4 Å². The Morgan fingerprint density at radius 2 is 2.42 bits per heavy atom. The van der Waals surface area contributed by atoms with Crippen LogP contribution < -0.4 is 0 Å². The van der Waals surface area contributed by atoms with Crippen molar-refractivity contribution in [1.82, 2.24) is 9.55 Å². The normalized spacial score (nSPS) is 10.8. The molecular weight excluding hydrogens is 148 g/mol. The van der Waals surface area contributed by atoms with Crippen molar-refractivity contribution < 1.29 is 0 Å². The van der Waals surface area contributed by atoms with E-state index in [0.717, 1.165) is 17.9 Å². The van der Waals surface area contributed by atoms with Crippen LogP contribution >= 0.6 is 0 Å². The first-order valence-corrected chi connectivity index (χ1v) is 4.01. The second kappa shape index (κ2) is 3.90. The van der Waals surface area contributed by atoms with Crippen molar-refractivity contribution in [1.29, 1.82) is 0 Å². The van der Waals surface area contributed by atoms with Crippen LogP contribution in [0.5, 0.6) is 0 Å². The fraction of sp³-hybridized carbons (Fsp3) is 0.300. The van der Waals surface area contributed by atoms with E-state index in [9.17, 15) is 0 Å². The van der Waals surface area contributed by atoms with Crippen molar-refractivity contribution in [3.63, 3.8) is 0 Å². The largest absolute Gasteiger partial charge is 0.334 e. The van der Waals surface area contributed by atoms with E-state index >= 15 is 0 Å². The fourth-order valence-electron chi connectivity index (χ4n) is 1.06. The van der Waals surface area contributed by atoms with Crippen LogP contribution in [0.1, 0.15) is 17.9 Å². The Hall–Kier alpha value is -1.31. The molecule has 64 valence electrons. The molecule has 1 heterocycles. The molecule has 0 aliphatic rings. The monoisotopic (exact) mass is 162 g/mol. The second-order valence-corrected chi connectivity index (χ2v) is 2.78. The highest BCUT2D eigenvalue weighted by molar-refractivity contribution is 5.41. The van der Waals surface area contributed by atoms with Crippen molar-refractivity contribution in [2.45, 2.75) is 13.3 Å². The van der Waals surface area contributed by atoms with Gasteiger partial charge in [0.1, 0.15) is 5.82 Å². The summed E-state index contributed by atoms with van der Waals surface area (Å²) in [6, 6.07) is 0. The molecule has 0 fully saturated rings. The Morgan fingerprint density at radius 3 is 2.92 bits per heavy atom. The zero-order valence-electron chi connectivity index (χ0n) is 7.62. The van der Waals surface area contributed by atoms with Gasteiger partial charge < -0.3 is 4.57 Å². The van der Waals surface area contributed by atoms with Gasteiger partial charge in [-0.2, -0.15) is 0 Å². The quantitative estimate of drug-likeness (QED) is 0.624. The third-order valence-corrected chi connectivity index (χ3v) is 1.60. The van der Waals surface area contributed by atoms with Gasteiger partial charge in [0, 0.05) is 13.2 Å². The van der Waals surface area contributed by atoms with Crippen molar-refractivity contribution in [2.75, 3.05) is 0 Å². The number of aromatic nitrogens is 2. The van der Waals surface area contributed by atoms with Gasteiger partial charge in [0.15, 0.2) is 0 Å². The Bertz CT molecular complexity index is 295. The SMILES string of the molecule is C=CC/C=C\c1nc(C)cn1C. The van der Waals surface area contributed by atoms with E-state index in [1.807, 2.05) is 36.9 Å². The summed E-state index contributed by atoms with van der Waals surface area (Å²) < 4.78 is 2.01. The van der Waals surface area contributed by atoms with Gasteiger partial charge in [-0.25, -0.2) is 4.98 Å². The molecule has 1 aromatic rings. The number of rotatable bonds is 3. The van der Waals surface area contributed by atoms with Crippen LogP contribution in [0.3, 0.4) is 0 Å². The Morgan fingerprint density at radius 1 is 1.67 bits per heavy atom. The van der Waals surface area contributed by atoms with Gasteiger partial charge in [-0.1, -0.05) is 12.2 Å². The molecule has 2 nitrogen and oxygen atoms in total. The topological polar surface area (TPSA) is 17.8 Å². The summed E-state index contributed by atoms with van der Waals surface area (Å²) in [4.78, 5) is 4.32. The maximum absolute atomic E-state index is 4.32. The Labute approximate surface area is 73.2 Å². The van der Waals surface area contributed by atoms with Crippen molar-refractivity contribution >= 4 is 6.08 Å². The molecule has 1 rings (SSSR count). The van der Waals surface area contributed by atoms with E-state index in [-0.39, 0.29) is 0 Å². The van der Waals surface area contributed by atoms with E-state index in [0.29, 0.717) is 0 Å². The van der Waals surface area contributed by atoms with E-state index in [1.54, 1.807) is 0 Å². The Kier molecular flexibility index (Phi) is 2.86. The molecule has 0 aliphatic carbocycles. The zero-order chi connectivity index (χ0) is 8.97. The van der Waals surface area contributed by atoms with E-state index < -0.39 is 0 Å². The molecule has 0 radical (unpaired) electrons. The zero-order valence-corrected chi connectivity index (χ0v) is 7.62. The minimum absolute atomic E-state index is 0.895. The van der Waals surface area contributed by atoms with Gasteiger partial charge in [0.2, 0.25) is 0 Å². The number of aryl methyl sites for hydroxylation is 2. The predicted molar refractivity (Wildman–Crippen MR) is 51.8 cm³/mol. The summed E-state index contributed by atoms with van der Waals surface area (Å²) in [6.45, 7) is 5.63. The molecule has 0 N–H and O–H groups in total. The maximum Gasteiger partial charge on any atom is 0.132 e. The van der Waals surface area contributed by atoms with Crippen LogP contribution in [0.15, 0.2) is 24.9 Å². The molecule has 2 heteroatoms. The van der Waals surface area contributed by atoms with Crippen LogP contribution in [0, 0.1) is 6.92 Å². The van der Waals surface area contributed by atoms with Crippen LogP contribution in [-0.2, 0) is 7.05 Å². The first kappa shape index (κ1) is 8.78. The van der Waals surface area contributed by atoms with Gasteiger partial charge >= 0.3 is 0 Å². The summed E-state index contributed by atoms with van der Waals surface area (Å²) in [5, 5.41) is 0. The molecule has 0 aromatic carbocycles. The van der Waals surface area contributed by atoms with Gasteiger partial charge in [-0.05, 0) is 19.4 Å². The van der Waals surface area contributed by atoms with Crippen LogP contribution in [0.25, 0.3) is 6.08 Å². The van der Waals surface area contributed by atoms with E-state index in [1.165, 1.54) is 0 Å². The predicted octanol–water partition coefficient (Wildman–Crippen LogP) is 2.32. The standard InChI is InChI=1S/C10H14N2/c1-4-5-6-7-10-11-9(2)8-12(10)3/h4,6-8H,1,5H2,2-3H3/b7-6-. The minimum Gasteiger partial charge on any atom is -0.334 e. The smallest absolute Gasteiger partial charge is 0.132 e. The molecule has 0 unspecified atom stereocenters. The van der Waals surface area contributed by atoms with E-state index in [4.69, 9.17) is 0 Å². The average molecular weight is 162 g/mol. The highest BCUT2D eigenvalue weighted by atomic mass is 15.0. The summed E-state index contributed by atoms with van der Waals surface area (Å²) in [7, 11) is 1.99. The third-order valence-electron chi connectivity index (χ3n) is 1.60. The van der Waals surface area contributed by atoms with E-state index in [2.05, 4.69) is 17.6 Å². The molecule has 0 atom stereocenters. The highest BCUT2D eigenvalue weighted by Crippen LogP contribution is 2.02. The second-order valence-electron chi connectivity index (χ2n) is 2.78. The summed E-state index contributed by atoms with van der Waals surface area (Å²) in [5.74, 6) is 0.995. The molecule has 0 aliphatic heterocycles. The summed E-state index contributed by atoms with van der Waals surface area (Å²) in [5.41, 5.74) is 1.05. The van der Waals surface area contributed by atoms with Crippen molar-refractivity contribution in [3.8, 4) is 0 Å². The summed E-state index contributed by atoms with van der Waals surface area (Å²) in [6.07, 6.45) is 8.83. The lowest BCUT2D eigenvalue weighted by atomic mass is 10.3. The Balaban J connectivity index is 2.74. The molecule has 0 saturated carbocycles. The minimum atomic E-state index is 0.895. The lowest BCUT2D eigenvalue weighted by molar-refractivity contribution is 0.896. The number of allylic oxidation sites excluding steroid dienone is 2. The molecule has 0 spiro atoms. The first-order valence-electron chi connectivity index (χ1n) is 4.01. The van der Waals surface area contributed by atoms with Gasteiger partial charge in [-0.3, -0.25) is 0 Å². The molecule has 0 saturated heterocycles. The number of hydrogen-bond acceptors (Lipinski definition) is 1.